The van der Waals surface area contributed by atoms with Crippen LogP contribution in [0.15, 0.2) is 12.4 Å². The molecule has 0 radical (unpaired) electrons. The Morgan fingerprint density at radius 2 is 1.30 bits per heavy atom. The van der Waals surface area contributed by atoms with Gasteiger partial charge in [-0.25, -0.2) is 0 Å². The predicted molar refractivity (Wildman–Crippen MR) is 142 cm³/mol. The Balaban J connectivity index is 0.000000265. The van der Waals surface area contributed by atoms with E-state index in [9.17, 15) is 0 Å². The van der Waals surface area contributed by atoms with E-state index >= 15 is 0 Å². The smallest absolute Gasteiger partial charge is 0.0886 e. The van der Waals surface area contributed by atoms with Gasteiger partial charge in [-0.1, -0.05) is 19.9 Å². The lowest BCUT2D eigenvalue weighted by atomic mass is 10.2. The summed E-state index contributed by atoms with van der Waals surface area (Å²) < 4.78 is 0. The van der Waals surface area contributed by atoms with Gasteiger partial charge in [0.05, 0.1) is 5.82 Å². The second-order valence-corrected chi connectivity index (χ2v) is 9.23. The Labute approximate surface area is 204 Å². The van der Waals surface area contributed by atoms with Crippen LogP contribution in [0.3, 0.4) is 0 Å². The van der Waals surface area contributed by atoms with Gasteiger partial charge in [-0.15, -0.1) is 0 Å². The quantitative estimate of drug-likeness (QED) is 0.293. The maximum Gasteiger partial charge on any atom is 0.0886 e. The van der Waals surface area contributed by atoms with Crippen molar-refractivity contribution < 1.29 is 0 Å². The summed E-state index contributed by atoms with van der Waals surface area (Å²) in [5.74, 6) is 0.547. The highest BCUT2D eigenvalue weighted by Crippen LogP contribution is 2.02. The Morgan fingerprint density at radius 1 is 0.788 bits per heavy atom. The molecule has 0 bridgehead atoms. The van der Waals surface area contributed by atoms with Crippen molar-refractivity contribution in [2.45, 2.75) is 39.0 Å². The number of piperazine rings is 2. The molecule has 3 aliphatic heterocycles. The molecule has 0 aromatic heterocycles. The van der Waals surface area contributed by atoms with E-state index < -0.39 is 0 Å². The molecule has 0 amide bonds. The first kappa shape index (κ1) is 30.1. The normalized spacial score (nSPS) is 20.8. The van der Waals surface area contributed by atoms with E-state index in [1.807, 2.05) is 0 Å². The molecule has 33 heavy (non-hydrogen) atoms. The monoisotopic (exact) mass is 469 g/mol. The summed E-state index contributed by atoms with van der Waals surface area (Å²) in [5.41, 5.74) is 16.4. The summed E-state index contributed by atoms with van der Waals surface area (Å²) in [6.07, 6.45) is 6.64. The molecule has 0 unspecified atom stereocenters. The lowest BCUT2D eigenvalue weighted by Crippen LogP contribution is -2.49. The Kier molecular flexibility index (Phi) is 18.6. The number of rotatable bonds is 10. The van der Waals surface area contributed by atoms with Crippen LogP contribution < -0.4 is 27.8 Å². The minimum absolute atomic E-state index is 0.547. The highest BCUT2D eigenvalue weighted by atomic mass is 15.3. The topological polar surface area (TPSA) is 115 Å². The molecule has 9 heteroatoms. The molecular weight excluding hydrogens is 414 g/mol. The van der Waals surface area contributed by atoms with Crippen molar-refractivity contribution in [2.75, 3.05) is 105 Å². The van der Waals surface area contributed by atoms with Crippen LogP contribution >= 0.6 is 0 Å². The number of hydrogen-bond donors (Lipinski definition) is 5. The third-order valence-electron chi connectivity index (χ3n) is 6.39. The van der Waals surface area contributed by atoms with Crippen molar-refractivity contribution in [1.29, 1.82) is 0 Å². The van der Waals surface area contributed by atoms with Crippen LogP contribution in [0, 0.1) is 0 Å². The summed E-state index contributed by atoms with van der Waals surface area (Å²) >= 11 is 0. The van der Waals surface area contributed by atoms with Crippen LogP contribution in [0.5, 0.6) is 0 Å². The van der Waals surface area contributed by atoms with Gasteiger partial charge in [0.15, 0.2) is 0 Å². The molecule has 3 rings (SSSR count). The lowest BCUT2D eigenvalue weighted by Gasteiger charge is -2.34. The summed E-state index contributed by atoms with van der Waals surface area (Å²) in [5, 5.41) is 6.31. The maximum absolute atomic E-state index is 5.56. The van der Waals surface area contributed by atoms with E-state index in [-0.39, 0.29) is 0 Å². The van der Waals surface area contributed by atoms with Crippen LogP contribution in [0.2, 0.25) is 0 Å². The van der Waals surface area contributed by atoms with Crippen molar-refractivity contribution in [2.24, 2.45) is 17.2 Å². The van der Waals surface area contributed by atoms with Crippen molar-refractivity contribution in [3.63, 3.8) is 0 Å². The SMILES string of the molecule is C1CCNCC1.C=C(N)NCCN1CCN(CN)CC1.CCCN1CCN(CCCN)CC1. The fraction of sp³-hybridized carbons (Fsp3) is 0.917. The molecule has 3 aliphatic rings. The molecule has 3 fully saturated rings. The molecule has 3 heterocycles. The van der Waals surface area contributed by atoms with E-state index in [4.69, 9.17) is 17.2 Å². The predicted octanol–water partition coefficient (Wildman–Crippen LogP) is -0.338. The van der Waals surface area contributed by atoms with Crippen molar-refractivity contribution in [3.05, 3.63) is 12.4 Å². The van der Waals surface area contributed by atoms with E-state index in [0.717, 1.165) is 52.2 Å². The zero-order chi connectivity index (χ0) is 24.2. The van der Waals surface area contributed by atoms with Gasteiger partial charge in [0.25, 0.3) is 0 Å². The van der Waals surface area contributed by atoms with Gasteiger partial charge in [0.1, 0.15) is 0 Å². The number of nitrogens with zero attached hydrogens (tertiary/aromatic N) is 4. The third-order valence-corrected chi connectivity index (χ3v) is 6.39. The number of nitrogens with two attached hydrogens (primary N) is 3. The van der Waals surface area contributed by atoms with E-state index in [2.05, 4.69) is 43.7 Å². The largest absolute Gasteiger partial charge is 0.386 e. The van der Waals surface area contributed by atoms with Crippen LogP contribution in [-0.4, -0.2) is 124 Å². The fourth-order valence-corrected chi connectivity index (χ4v) is 4.24. The maximum atomic E-state index is 5.56. The molecule has 0 aromatic rings. The Hall–Kier alpha value is -0.940. The molecule has 0 spiro atoms. The van der Waals surface area contributed by atoms with Gasteiger partial charge in [-0.3, -0.25) is 9.80 Å². The zero-order valence-electron chi connectivity index (χ0n) is 21.6. The first-order chi connectivity index (χ1) is 16.1. The molecule has 3 saturated heterocycles. The minimum atomic E-state index is 0.547. The second kappa shape index (κ2) is 20.4. The number of piperidine rings is 1. The highest BCUT2D eigenvalue weighted by Gasteiger charge is 2.15. The second-order valence-electron chi connectivity index (χ2n) is 9.23. The van der Waals surface area contributed by atoms with Gasteiger partial charge in [-0.05, 0) is 58.4 Å². The highest BCUT2D eigenvalue weighted by molar-refractivity contribution is 4.82. The number of hydrogen-bond acceptors (Lipinski definition) is 9. The Bertz CT molecular complexity index is 432. The molecule has 0 aliphatic carbocycles. The standard InChI is InChI=1S/C10H23N3.C9H21N5.C5H11N/c1-2-5-12-7-9-13(10-8-12)6-3-4-11;1-9(11)12-2-3-13-4-6-14(8-10)7-5-13;1-2-4-6-5-3-1/h2-11H2,1H3;12H,1-8,10-11H2;6H,1-5H2. The summed E-state index contributed by atoms with van der Waals surface area (Å²) in [6.45, 7) is 23.5. The van der Waals surface area contributed by atoms with Gasteiger partial charge in [0, 0.05) is 72.1 Å². The van der Waals surface area contributed by atoms with Crippen LogP contribution in [0.1, 0.15) is 39.0 Å². The average molecular weight is 470 g/mol. The van der Waals surface area contributed by atoms with Gasteiger partial charge >= 0.3 is 0 Å². The minimum Gasteiger partial charge on any atom is -0.386 e. The molecular formula is C24H55N9. The molecule has 9 nitrogen and oxygen atoms in total. The third kappa shape index (κ3) is 16.3. The number of nitrogens with one attached hydrogen (secondary N) is 2. The van der Waals surface area contributed by atoms with Crippen molar-refractivity contribution in [1.82, 2.24) is 30.2 Å². The van der Waals surface area contributed by atoms with Gasteiger partial charge in [-0.2, -0.15) is 0 Å². The molecule has 196 valence electrons. The summed E-state index contributed by atoms with van der Waals surface area (Å²) in [7, 11) is 0. The molecule has 0 saturated carbocycles. The average Bonchev–Trinajstić information content (AvgIpc) is 2.86. The van der Waals surface area contributed by atoms with Crippen LogP contribution in [-0.2, 0) is 0 Å². The fourth-order valence-electron chi connectivity index (χ4n) is 4.24. The van der Waals surface area contributed by atoms with Crippen molar-refractivity contribution >= 4 is 0 Å². The zero-order valence-corrected chi connectivity index (χ0v) is 21.6. The molecule has 0 aromatic carbocycles. The van der Waals surface area contributed by atoms with Crippen LogP contribution in [0.4, 0.5) is 0 Å². The Morgan fingerprint density at radius 3 is 1.70 bits per heavy atom. The van der Waals surface area contributed by atoms with Gasteiger partial charge < -0.3 is 37.6 Å². The van der Waals surface area contributed by atoms with E-state index in [1.165, 1.54) is 78.0 Å². The lowest BCUT2D eigenvalue weighted by molar-refractivity contribution is 0.132. The molecule has 8 N–H and O–H groups in total. The van der Waals surface area contributed by atoms with Gasteiger partial charge in [0.2, 0.25) is 0 Å². The van der Waals surface area contributed by atoms with Crippen LogP contribution in [0.25, 0.3) is 0 Å². The van der Waals surface area contributed by atoms with E-state index in [1.54, 1.807) is 0 Å². The van der Waals surface area contributed by atoms with E-state index in [0.29, 0.717) is 12.5 Å². The van der Waals surface area contributed by atoms with Crippen molar-refractivity contribution in [3.8, 4) is 0 Å². The first-order valence-electron chi connectivity index (χ1n) is 13.3. The molecule has 0 atom stereocenters. The summed E-state index contributed by atoms with van der Waals surface area (Å²) in [4.78, 5) is 9.74. The first-order valence-corrected chi connectivity index (χ1v) is 13.3. The summed E-state index contributed by atoms with van der Waals surface area (Å²) in [6, 6.07) is 0.